The molecular weight excluding hydrogens is 434 g/mol. The van der Waals surface area contributed by atoms with Crippen LogP contribution in [-0.2, 0) is 11.3 Å². The summed E-state index contributed by atoms with van der Waals surface area (Å²) < 4.78 is 7.87. The minimum atomic E-state index is -0.331. The van der Waals surface area contributed by atoms with Crippen molar-refractivity contribution in [3.8, 4) is 5.75 Å². The molecule has 0 aliphatic rings. The lowest BCUT2D eigenvalue weighted by Gasteiger charge is -2.09. The van der Waals surface area contributed by atoms with Gasteiger partial charge in [-0.25, -0.2) is 5.43 Å². The fraction of sp³-hybridized carbons (Fsp3) is 0.185. The summed E-state index contributed by atoms with van der Waals surface area (Å²) in [6.07, 6.45) is 1.70. The Bertz CT molecular complexity index is 1300. The highest BCUT2D eigenvalue weighted by Crippen LogP contribution is 2.26. The summed E-state index contributed by atoms with van der Waals surface area (Å²) in [4.78, 5) is 12.3. The number of fused-ring (bicyclic) bond motifs is 1. The van der Waals surface area contributed by atoms with Gasteiger partial charge in [0, 0.05) is 33.7 Å². The predicted octanol–water partition coefficient (Wildman–Crippen LogP) is 5.80. The molecular formula is C27H26ClN3O2. The molecule has 1 amide bonds. The van der Waals surface area contributed by atoms with Crippen molar-refractivity contribution in [1.82, 2.24) is 9.99 Å². The Hall–Kier alpha value is -3.57. The molecule has 1 heterocycles. The smallest absolute Gasteiger partial charge is 0.277 e. The predicted molar refractivity (Wildman–Crippen MR) is 134 cm³/mol. The number of nitrogens with zero attached hydrogens (tertiary/aromatic N) is 2. The molecule has 3 aromatic carbocycles. The standard InChI is InChI=1S/C27H26ClN3O2/c1-18-13-22(14-19(2)27(18)28)33-17-26(32)30-29-15-24-20(3)31(16-21-9-5-4-6-10-21)25-12-8-7-11-23(24)25/h4-15H,16-17H2,1-3H3,(H,30,32). The fourth-order valence-corrected chi connectivity index (χ4v) is 4.04. The van der Waals surface area contributed by atoms with E-state index >= 15 is 0 Å². The maximum atomic E-state index is 12.3. The summed E-state index contributed by atoms with van der Waals surface area (Å²) in [5.41, 5.74) is 8.80. The van der Waals surface area contributed by atoms with Crippen LogP contribution in [0.2, 0.25) is 5.02 Å². The lowest BCUT2D eigenvalue weighted by molar-refractivity contribution is -0.123. The zero-order valence-electron chi connectivity index (χ0n) is 18.9. The number of carbonyl (C=O) groups excluding carboxylic acids is 1. The van der Waals surface area contributed by atoms with E-state index in [1.165, 1.54) is 5.56 Å². The molecule has 4 rings (SSSR count). The van der Waals surface area contributed by atoms with Crippen LogP contribution in [0.15, 0.2) is 71.8 Å². The molecule has 0 aliphatic carbocycles. The minimum absolute atomic E-state index is 0.132. The number of halogens is 1. The van der Waals surface area contributed by atoms with Crippen LogP contribution in [0.3, 0.4) is 0 Å². The number of aryl methyl sites for hydroxylation is 2. The van der Waals surface area contributed by atoms with E-state index in [0.717, 1.165) is 39.8 Å². The van der Waals surface area contributed by atoms with Crippen LogP contribution in [0.1, 0.15) is 27.9 Å². The molecule has 33 heavy (non-hydrogen) atoms. The van der Waals surface area contributed by atoms with Crippen molar-refractivity contribution < 1.29 is 9.53 Å². The number of hydrogen-bond donors (Lipinski definition) is 1. The summed E-state index contributed by atoms with van der Waals surface area (Å²) in [5, 5.41) is 5.99. The number of hydrazone groups is 1. The zero-order chi connectivity index (χ0) is 23.4. The van der Waals surface area contributed by atoms with Crippen LogP contribution in [0.4, 0.5) is 0 Å². The SMILES string of the molecule is Cc1cc(OCC(=O)NN=Cc2c(C)n(Cc3ccccc3)c3ccccc23)cc(C)c1Cl. The molecule has 0 fully saturated rings. The summed E-state index contributed by atoms with van der Waals surface area (Å²) in [6, 6.07) is 22.2. The van der Waals surface area contributed by atoms with E-state index in [4.69, 9.17) is 16.3 Å². The Morgan fingerprint density at radius 2 is 1.70 bits per heavy atom. The third-order valence-electron chi connectivity index (χ3n) is 5.63. The Morgan fingerprint density at radius 3 is 2.42 bits per heavy atom. The lowest BCUT2D eigenvalue weighted by atomic mass is 10.1. The summed E-state index contributed by atoms with van der Waals surface area (Å²) in [7, 11) is 0. The number of aromatic nitrogens is 1. The van der Waals surface area contributed by atoms with Crippen molar-refractivity contribution in [2.24, 2.45) is 5.10 Å². The third-order valence-corrected chi connectivity index (χ3v) is 6.22. The first-order valence-corrected chi connectivity index (χ1v) is 11.1. The number of amides is 1. The molecule has 0 saturated heterocycles. The quantitative estimate of drug-likeness (QED) is 0.280. The van der Waals surface area contributed by atoms with E-state index in [0.29, 0.717) is 10.8 Å². The number of nitrogens with one attached hydrogen (secondary N) is 1. The summed E-state index contributed by atoms with van der Waals surface area (Å²) in [5.74, 6) is 0.274. The molecule has 5 nitrogen and oxygen atoms in total. The molecule has 168 valence electrons. The van der Waals surface area contributed by atoms with Crippen molar-refractivity contribution in [3.63, 3.8) is 0 Å². The second-order valence-corrected chi connectivity index (χ2v) is 8.42. The second kappa shape index (κ2) is 9.92. The number of ether oxygens (including phenoxy) is 1. The lowest BCUT2D eigenvalue weighted by Crippen LogP contribution is -2.24. The van der Waals surface area contributed by atoms with Crippen LogP contribution in [0.5, 0.6) is 5.75 Å². The molecule has 0 unspecified atom stereocenters. The van der Waals surface area contributed by atoms with Gasteiger partial charge in [-0.1, -0.05) is 60.1 Å². The van der Waals surface area contributed by atoms with Crippen molar-refractivity contribution >= 4 is 34.6 Å². The van der Waals surface area contributed by atoms with E-state index in [9.17, 15) is 4.79 Å². The first-order chi connectivity index (χ1) is 15.9. The molecule has 0 aliphatic heterocycles. The Kier molecular flexibility index (Phi) is 6.80. The van der Waals surface area contributed by atoms with E-state index in [1.54, 1.807) is 6.21 Å². The van der Waals surface area contributed by atoms with Gasteiger partial charge in [0.25, 0.3) is 5.91 Å². The Balaban J connectivity index is 1.47. The first-order valence-electron chi connectivity index (χ1n) is 10.8. The van der Waals surface area contributed by atoms with Crippen LogP contribution in [-0.4, -0.2) is 23.3 Å². The van der Waals surface area contributed by atoms with E-state index < -0.39 is 0 Å². The topological polar surface area (TPSA) is 55.6 Å². The van der Waals surface area contributed by atoms with Gasteiger partial charge in [0.15, 0.2) is 6.61 Å². The molecule has 0 atom stereocenters. The van der Waals surface area contributed by atoms with Gasteiger partial charge in [-0.05, 0) is 55.7 Å². The molecule has 0 spiro atoms. The number of para-hydroxylation sites is 1. The monoisotopic (exact) mass is 459 g/mol. The summed E-state index contributed by atoms with van der Waals surface area (Å²) in [6.45, 7) is 6.51. The third kappa shape index (κ3) is 5.10. The van der Waals surface area contributed by atoms with Crippen molar-refractivity contribution in [3.05, 3.63) is 99.7 Å². The highest BCUT2D eigenvalue weighted by Gasteiger charge is 2.13. The van der Waals surface area contributed by atoms with Gasteiger partial charge in [-0.15, -0.1) is 0 Å². The number of hydrogen-bond acceptors (Lipinski definition) is 3. The minimum Gasteiger partial charge on any atom is -0.484 e. The molecule has 0 bridgehead atoms. The average Bonchev–Trinajstić information content (AvgIpc) is 3.08. The largest absolute Gasteiger partial charge is 0.484 e. The second-order valence-electron chi connectivity index (χ2n) is 8.04. The molecule has 0 radical (unpaired) electrons. The van der Waals surface area contributed by atoms with Gasteiger partial charge >= 0.3 is 0 Å². The fourth-order valence-electron chi connectivity index (χ4n) is 3.93. The highest BCUT2D eigenvalue weighted by atomic mass is 35.5. The van der Waals surface area contributed by atoms with Crippen molar-refractivity contribution in [2.45, 2.75) is 27.3 Å². The zero-order valence-corrected chi connectivity index (χ0v) is 19.7. The van der Waals surface area contributed by atoms with Crippen molar-refractivity contribution in [1.29, 1.82) is 0 Å². The summed E-state index contributed by atoms with van der Waals surface area (Å²) >= 11 is 6.18. The maximum absolute atomic E-state index is 12.3. The molecule has 1 aromatic heterocycles. The Morgan fingerprint density at radius 1 is 1.03 bits per heavy atom. The molecule has 0 saturated carbocycles. The normalized spacial score (nSPS) is 11.3. The first kappa shape index (κ1) is 22.6. The van der Waals surface area contributed by atoms with Gasteiger partial charge in [-0.2, -0.15) is 5.10 Å². The van der Waals surface area contributed by atoms with Crippen molar-refractivity contribution in [2.75, 3.05) is 6.61 Å². The van der Waals surface area contributed by atoms with E-state index in [-0.39, 0.29) is 12.5 Å². The van der Waals surface area contributed by atoms with E-state index in [2.05, 4.69) is 46.3 Å². The molecule has 6 heteroatoms. The average molecular weight is 460 g/mol. The van der Waals surface area contributed by atoms with Gasteiger partial charge in [-0.3, -0.25) is 4.79 Å². The van der Waals surface area contributed by atoms with Crippen LogP contribution < -0.4 is 10.2 Å². The molecule has 1 N–H and O–H groups in total. The van der Waals surface area contributed by atoms with Gasteiger partial charge < -0.3 is 9.30 Å². The maximum Gasteiger partial charge on any atom is 0.277 e. The van der Waals surface area contributed by atoms with Gasteiger partial charge in [0.05, 0.1) is 6.21 Å². The van der Waals surface area contributed by atoms with Gasteiger partial charge in [0.1, 0.15) is 5.75 Å². The molecule has 4 aromatic rings. The number of benzene rings is 3. The highest BCUT2D eigenvalue weighted by molar-refractivity contribution is 6.32. The number of carbonyl (C=O) groups is 1. The van der Waals surface area contributed by atoms with Crippen LogP contribution >= 0.6 is 11.6 Å². The van der Waals surface area contributed by atoms with Crippen LogP contribution in [0.25, 0.3) is 10.9 Å². The number of rotatable bonds is 7. The Labute approximate surface area is 198 Å². The van der Waals surface area contributed by atoms with Crippen LogP contribution in [0, 0.1) is 20.8 Å². The van der Waals surface area contributed by atoms with Gasteiger partial charge in [0.2, 0.25) is 0 Å². The van der Waals surface area contributed by atoms with E-state index in [1.807, 2.05) is 56.3 Å².